The second-order valence-electron chi connectivity index (χ2n) is 7.07. The highest BCUT2D eigenvalue weighted by Crippen LogP contribution is 2.29. The normalized spacial score (nSPS) is 14.6. The van der Waals surface area contributed by atoms with Crippen LogP contribution in [0.25, 0.3) is 0 Å². The minimum atomic E-state index is -2.93. The number of carbonyl (C=O) groups excluding carboxylic acids is 1. The summed E-state index contributed by atoms with van der Waals surface area (Å²) in [6.07, 6.45) is 0. The molecular weight excluding hydrogens is 396 g/mol. The number of quaternary nitrogens is 1. The summed E-state index contributed by atoms with van der Waals surface area (Å²) in [5.74, 6) is 0.319. The van der Waals surface area contributed by atoms with Gasteiger partial charge in [0.05, 0.1) is 33.3 Å². The number of carbonyl (C=O) groups is 1. The molecule has 1 saturated heterocycles. The molecule has 0 spiro atoms. The van der Waals surface area contributed by atoms with Crippen molar-refractivity contribution in [2.75, 3.05) is 44.7 Å². The van der Waals surface area contributed by atoms with Gasteiger partial charge in [0.1, 0.15) is 5.75 Å². The number of methoxy groups -OCH3 is 1. The van der Waals surface area contributed by atoms with Gasteiger partial charge in [-0.1, -0.05) is 6.07 Å². The average molecular weight is 422 g/mol. The molecule has 2 aromatic rings. The summed E-state index contributed by atoms with van der Waals surface area (Å²) < 4.78 is 34.3. The van der Waals surface area contributed by atoms with Gasteiger partial charge in [-0.25, -0.2) is 0 Å². The molecule has 1 heterocycles. The minimum absolute atomic E-state index is 0.0430. The van der Waals surface area contributed by atoms with Crippen molar-refractivity contribution in [3.8, 4) is 17.2 Å². The zero-order chi connectivity index (χ0) is 21.5. The van der Waals surface area contributed by atoms with Crippen LogP contribution in [0.4, 0.5) is 14.5 Å². The minimum Gasteiger partial charge on any atom is -0.508 e. The van der Waals surface area contributed by atoms with Crippen LogP contribution in [0.2, 0.25) is 0 Å². The number of ether oxygens (including phenoxy) is 2. The number of alkyl halides is 2. The van der Waals surface area contributed by atoms with Crippen molar-refractivity contribution in [2.45, 2.75) is 13.2 Å². The van der Waals surface area contributed by atoms with Gasteiger partial charge >= 0.3 is 6.61 Å². The van der Waals surface area contributed by atoms with Crippen molar-refractivity contribution < 1.29 is 33.1 Å². The van der Waals surface area contributed by atoms with Gasteiger partial charge in [-0.15, -0.1) is 0 Å². The molecule has 0 bridgehead atoms. The van der Waals surface area contributed by atoms with E-state index in [9.17, 15) is 18.7 Å². The third-order valence-corrected chi connectivity index (χ3v) is 5.03. The largest absolute Gasteiger partial charge is 0.508 e. The molecule has 3 N–H and O–H groups in total. The van der Waals surface area contributed by atoms with E-state index in [4.69, 9.17) is 4.74 Å². The molecular formula is C21H26F2N3O4+. The van der Waals surface area contributed by atoms with E-state index in [2.05, 4.69) is 15.0 Å². The van der Waals surface area contributed by atoms with Crippen LogP contribution >= 0.6 is 0 Å². The quantitative estimate of drug-likeness (QED) is 0.593. The number of aromatic hydroxyl groups is 1. The van der Waals surface area contributed by atoms with Crippen LogP contribution in [0.15, 0.2) is 42.5 Å². The van der Waals surface area contributed by atoms with Crippen molar-refractivity contribution in [2.24, 2.45) is 0 Å². The first-order valence-electron chi connectivity index (χ1n) is 9.70. The lowest BCUT2D eigenvalue weighted by molar-refractivity contribution is -0.892. The van der Waals surface area contributed by atoms with Crippen LogP contribution in [-0.2, 0) is 11.3 Å². The summed E-state index contributed by atoms with van der Waals surface area (Å²) in [6, 6.07) is 11.7. The van der Waals surface area contributed by atoms with Crippen LogP contribution in [0.1, 0.15) is 5.56 Å². The molecule has 162 valence electrons. The first-order chi connectivity index (χ1) is 14.4. The first-order valence-corrected chi connectivity index (χ1v) is 9.70. The van der Waals surface area contributed by atoms with E-state index >= 15 is 0 Å². The Kier molecular flexibility index (Phi) is 7.29. The number of hydrogen-bond acceptors (Lipinski definition) is 5. The second-order valence-corrected chi connectivity index (χ2v) is 7.07. The summed E-state index contributed by atoms with van der Waals surface area (Å²) in [4.78, 5) is 15.7. The van der Waals surface area contributed by atoms with E-state index in [-0.39, 0.29) is 29.7 Å². The second kappa shape index (κ2) is 10.1. The number of nitrogens with zero attached hydrogens (tertiary/aromatic N) is 1. The lowest BCUT2D eigenvalue weighted by atomic mass is 10.2. The number of rotatable bonds is 8. The Morgan fingerprint density at radius 3 is 2.50 bits per heavy atom. The zero-order valence-corrected chi connectivity index (χ0v) is 16.7. The summed E-state index contributed by atoms with van der Waals surface area (Å²) in [5.41, 5.74) is 1.79. The van der Waals surface area contributed by atoms with E-state index in [0.29, 0.717) is 6.54 Å². The number of halogens is 2. The molecule has 0 atom stereocenters. The summed E-state index contributed by atoms with van der Waals surface area (Å²) in [5, 5.41) is 12.3. The maximum atomic E-state index is 12.4. The van der Waals surface area contributed by atoms with E-state index in [1.54, 1.807) is 24.3 Å². The molecule has 7 nitrogen and oxygen atoms in total. The summed E-state index contributed by atoms with van der Waals surface area (Å²) >= 11 is 0. The molecule has 30 heavy (non-hydrogen) atoms. The standard InChI is InChI=1S/C21H25F2N3O4/c1-29-19-12-15(2-7-18(19)30-21(22)23)13-24-20(28)14-25-8-10-26(11-9-25)16-3-5-17(27)6-4-16/h2-7,12,21,27H,8-11,13-14H2,1H3,(H,24,28)/p+1. The fraction of sp³-hybridized carbons (Fsp3) is 0.381. The van der Waals surface area contributed by atoms with Crippen LogP contribution in [0.3, 0.4) is 0 Å². The highest BCUT2D eigenvalue weighted by molar-refractivity contribution is 5.76. The average Bonchev–Trinajstić information content (AvgIpc) is 2.74. The number of phenolic OH excluding ortho intramolecular Hbond substituents is 1. The van der Waals surface area contributed by atoms with Crippen molar-refractivity contribution in [1.29, 1.82) is 0 Å². The SMILES string of the molecule is COc1cc(CNC(=O)C[NH+]2CCN(c3ccc(O)cc3)CC2)ccc1OC(F)F. The van der Waals surface area contributed by atoms with Crippen LogP contribution in [-0.4, -0.2) is 57.5 Å². The van der Waals surface area contributed by atoms with Gasteiger partial charge in [0.2, 0.25) is 0 Å². The van der Waals surface area contributed by atoms with Gasteiger partial charge in [-0.3, -0.25) is 4.79 Å². The maximum Gasteiger partial charge on any atom is 0.387 e. The molecule has 0 radical (unpaired) electrons. The van der Waals surface area contributed by atoms with Crippen LogP contribution in [0.5, 0.6) is 17.2 Å². The van der Waals surface area contributed by atoms with E-state index in [0.717, 1.165) is 37.4 Å². The lowest BCUT2D eigenvalue weighted by Crippen LogP contribution is -3.15. The number of nitrogens with one attached hydrogen (secondary N) is 2. The highest BCUT2D eigenvalue weighted by atomic mass is 19.3. The third kappa shape index (κ3) is 5.96. The molecule has 1 fully saturated rings. The summed E-state index contributed by atoms with van der Waals surface area (Å²) in [7, 11) is 1.37. The number of benzene rings is 2. The number of piperazine rings is 1. The van der Waals surface area contributed by atoms with E-state index in [1.807, 2.05) is 12.1 Å². The van der Waals surface area contributed by atoms with Crippen molar-refractivity contribution in [3.63, 3.8) is 0 Å². The van der Waals surface area contributed by atoms with E-state index < -0.39 is 6.61 Å². The van der Waals surface area contributed by atoms with Crippen molar-refractivity contribution >= 4 is 11.6 Å². The molecule has 0 saturated carbocycles. The topological polar surface area (TPSA) is 75.5 Å². The Labute approximate surface area is 173 Å². The smallest absolute Gasteiger partial charge is 0.387 e. The van der Waals surface area contributed by atoms with Crippen LogP contribution < -0.4 is 24.6 Å². The van der Waals surface area contributed by atoms with Gasteiger partial charge in [0.25, 0.3) is 5.91 Å². The Hall–Kier alpha value is -3.07. The summed E-state index contributed by atoms with van der Waals surface area (Å²) in [6.45, 7) is 1.04. The van der Waals surface area contributed by atoms with Gasteiger partial charge in [-0.2, -0.15) is 8.78 Å². The third-order valence-electron chi connectivity index (χ3n) is 5.03. The molecule has 9 heteroatoms. The maximum absolute atomic E-state index is 12.4. The predicted octanol–water partition coefficient (Wildman–Crippen LogP) is 1.02. The number of phenols is 1. The number of hydrogen-bond donors (Lipinski definition) is 3. The molecule has 1 amide bonds. The number of anilines is 1. The highest BCUT2D eigenvalue weighted by Gasteiger charge is 2.22. The Morgan fingerprint density at radius 2 is 1.87 bits per heavy atom. The Bertz CT molecular complexity index is 841. The fourth-order valence-corrected chi connectivity index (χ4v) is 3.43. The van der Waals surface area contributed by atoms with Gasteiger partial charge in [0, 0.05) is 12.2 Å². The zero-order valence-electron chi connectivity index (χ0n) is 16.7. The molecule has 0 aromatic heterocycles. The Balaban J connectivity index is 1.44. The molecule has 0 aliphatic carbocycles. The molecule has 3 rings (SSSR count). The van der Waals surface area contributed by atoms with Gasteiger partial charge < -0.3 is 29.7 Å². The molecule has 0 unspecified atom stereocenters. The molecule has 1 aliphatic heterocycles. The number of amides is 1. The monoisotopic (exact) mass is 422 g/mol. The van der Waals surface area contributed by atoms with Crippen molar-refractivity contribution in [1.82, 2.24) is 5.32 Å². The molecule has 2 aromatic carbocycles. The van der Waals surface area contributed by atoms with Gasteiger partial charge in [-0.05, 0) is 42.0 Å². The lowest BCUT2D eigenvalue weighted by Gasteiger charge is -2.33. The van der Waals surface area contributed by atoms with Gasteiger partial charge in [0.15, 0.2) is 18.0 Å². The van der Waals surface area contributed by atoms with E-state index in [1.165, 1.54) is 18.1 Å². The first kappa shape index (κ1) is 21.6. The fourth-order valence-electron chi connectivity index (χ4n) is 3.43. The molecule has 1 aliphatic rings. The van der Waals surface area contributed by atoms with Crippen molar-refractivity contribution in [3.05, 3.63) is 48.0 Å². The van der Waals surface area contributed by atoms with Crippen LogP contribution in [0, 0.1) is 0 Å². The predicted molar refractivity (Wildman–Crippen MR) is 107 cm³/mol. The Morgan fingerprint density at radius 1 is 1.17 bits per heavy atom.